The first-order chi connectivity index (χ1) is 9.54. The van der Waals surface area contributed by atoms with E-state index in [1.165, 1.54) is 6.92 Å². The Hall–Kier alpha value is -1.72. The fourth-order valence-electron chi connectivity index (χ4n) is 2.25. The standard InChI is InChI=1S/C15H20N2O3/c1-11-9-17(6-7-20-11)10-15(19)16-14-5-3-4-13(8-14)12(2)18/h3-5,8,11H,6-7,9-10H2,1-2H3,(H,16,19)/t11-/m0/s1. The highest BCUT2D eigenvalue weighted by Crippen LogP contribution is 2.11. The zero-order valence-corrected chi connectivity index (χ0v) is 11.9. The molecule has 0 saturated carbocycles. The number of amides is 1. The lowest BCUT2D eigenvalue weighted by Gasteiger charge is -2.30. The predicted octanol–water partition coefficient (Wildman–Crippen LogP) is 1.55. The van der Waals surface area contributed by atoms with E-state index in [1.807, 2.05) is 6.92 Å². The maximum absolute atomic E-state index is 12.0. The van der Waals surface area contributed by atoms with Crippen LogP contribution >= 0.6 is 0 Å². The van der Waals surface area contributed by atoms with Crippen molar-refractivity contribution >= 4 is 17.4 Å². The number of carbonyl (C=O) groups is 2. The Morgan fingerprint density at radius 1 is 1.45 bits per heavy atom. The number of rotatable bonds is 4. The number of benzene rings is 1. The van der Waals surface area contributed by atoms with Crippen LogP contribution in [-0.4, -0.2) is 48.9 Å². The molecule has 0 aromatic heterocycles. The lowest BCUT2D eigenvalue weighted by Crippen LogP contribution is -2.44. The SMILES string of the molecule is CC(=O)c1cccc(NC(=O)CN2CCO[C@@H](C)C2)c1. The van der Waals surface area contributed by atoms with E-state index in [2.05, 4.69) is 10.2 Å². The number of hydrogen-bond donors (Lipinski definition) is 1. The molecule has 1 fully saturated rings. The van der Waals surface area contributed by atoms with Crippen LogP contribution in [0.5, 0.6) is 0 Å². The summed E-state index contributed by atoms with van der Waals surface area (Å²) in [6.45, 7) is 6.05. The number of carbonyl (C=O) groups excluding carboxylic acids is 2. The Labute approximate surface area is 118 Å². The summed E-state index contributed by atoms with van der Waals surface area (Å²) in [5.41, 5.74) is 1.26. The van der Waals surface area contributed by atoms with Crippen molar-refractivity contribution in [1.29, 1.82) is 0 Å². The molecule has 0 bridgehead atoms. The third kappa shape index (κ3) is 4.15. The van der Waals surface area contributed by atoms with Crippen molar-refractivity contribution in [2.24, 2.45) is 0 Å². The minimum Gasteiger partial charge on any atom is -0.376 e. The third-order valence-corrected chi connectivity index (χ3v) is 3.25. The monoisotopic (exact) mass is 276 g/mol. The Morgan fingerprint density at radius 3 is 2.95 bits per heavy atom. The van der Waals surface area contributed by atoms with E-state index in [1.54, 1.807) is 24.3 Å². The van der Waals surface area contributed by atoms with Gasteiger partial charge in [0.2, 0.25) is 5.91 Å². The van der Waals surface area contributed by atoms with Gasteiger partial charge in [-0.2, -0.15) is 0 Å². The van der Waals surface area contributed by atoms with E-state index in [9.17, 15) is 9.59 Å². The summed E-state index contributed by atoms with van der Waals surface area (Å²) < 4.78 is 5.44. The van der Waals surface area contributed by atoms with E-state index in [-0.39, 0.29) is 17.8 Å². The molecule has 0 unspecified atom stereocenters. The van der Waals surface area contributed by atoms with Crippen molar-refractivity contribution in [2.45, 2.75) is 20.0 Å². The summed E-state index contributed by atoms with van der Waals surface area (Å²) in [4.78, 5) is 25.4. The Kier molecular flexibility index (Phi) is 4.87. The molecule has 1 heterocycles. The van der Waals surface area contributed by atoms with Crippen molar-refractivity contribution in [3.8, 4) is 0 Å². The van der Waals surface area contributed by atoms with Crippen molar-refractivity contribution in [2.75, 3.05) is 31.6 Å². The summed E-state index contributed by atoms with van der Waals surface area (Å²) in [6, 6.07) is 6.99. The fourth-order valence-corrected chi connectivity index (χ4v) is 2.25. The van der Waals surface area contributed by atoms with Gasteiger partial charge in [-0.25, -0.2) is 0 Å². The average Bonchev–Trinajstić information content (AvgIpc) is 2.38. The minimum atomic E-state index is -0.0696. The second kappa shape index (κ2) is 6.63. The molecule has 1 aromatic rings. The van der Waals surface area contributed by atoms with Crippen LogP contribution in [0.3, 0.4) is 0 Å². The molecule has 1 amide bonds. The van der Waals surface area contributed by atoms with Crippen molar-refractivity contribution in [3.63, 3.8) is 0 Å². The zero-order valence-electron chi connectivity index (χ0n) is 11.9. The van der Waals surface area contributed by atoms with Gasteiger partial charge in [0.05, 0.1) is 19.3 Å². The molecule has 0 spiro atoms. The predicted molar refractivity (Wildman–Crippen MR) is 76.9 cm³/mol. The quantitative estimate of drug-likeness (QED) is 0.848. The maximum Gasteiger partial charge on any atom is 0.238 e. The highest BCUT2D eigenvalue weighted by atomic mass is 16.5. The highest BCUT2D eigenvalue weighted by molar-refractivity contribution is 5.97. The third-order valence-electron chi connectivity index (χ3n) is 3.25. The number of Topliss-reactive ketones (excluding diaryl/α,β-unsaturated/α-hetero) is 1. The number of nitrogens with zero attached hydrogens (tertiary/aromatic N) is 1. The molecule has 5 heteroatoms. The first-order valence-corrected chi connectivity index (χ1v) is 6.79. The molecule has 1 atom stereocenters. The number of nitrogens with one attached hydrogen (secondary N) is 1. The van der Waals surface area contributed by atoms with Gasteiger partial charge in [-0.05, 0) is 26.0 Å². The van der Waals surface area contributed by atoms with Gasteiger partial charge in [0.1, 0.15) is 0 Å². The van der Waals surface area contributed by atoms with Gasteiger partial charge in [0.15, 0.2) is 5.78 Å². The molecular formula is C15H20N2O3. The largest absolute Gasteiger partial charge is 0.376 e. The van der Waals surface area contributed by atoms with E-state index in [4.69, 9.17) is 4.74 Å². The lowest BCUT2D eigenvalue weighted by molar-refractivity contribution is -0.119. The van der Waals surface area contributed by atoms with Crippen LogP contribution in [0.2, 0.25) is 0 Å². The smallest absolute Gasteiger partial charge is 0.238 e. The summed E-state index contributed by atoms with van der Waals surface area (Å²) in [5, 5.41) is 2.83. The number of ether oxygens (including phenoxy) is 1. The Morgan fingerprint density at radius 2 is 2.25 bits per heavy atom. The molecule has 0 aliphatic carbocycles. The zero-order chi connectivity index (χ0) is 14.5. The van der Waals surface area contributed by atoms with Crippen LogP contribution in [0.15, 0.2) is 24.3 Å². The fraction of sp³-hybridized carbons (Fsp3) is 0.467. The van der Waals surface area contributed by atoms with E-state index >= 15 is 0 Å². The number of hydrogen-bond acceptors (Lipinski definition) is 4. The van der Waals surface area contributed by atoms with E-state index in [0.717, 1.165) is 13.1 Å². The molecule has 1 N–H and O–H groups in total. The van der Waals surface area contributed by atoms with Crippen LogP contribution in [0.4, 0.5) is 5.69 Å². The number of anilines is 1. The van der Waals surface area contributed by atoms with Gasteiger partial charge in [-0.15, -0.1) is 0 Å². The minimum absolute atomic E-state index is 0.0110. The van der Waals surface area contributed by atoms with E-state index in [0.29, 0.717) is 24.4 Å². The summed E-state index contributed by atoms with van der Waals surface area (Å²) >= 11 is 0. The van der Waals surface area contributed by atoms with Gasteiger partial charge in [0, 0.05) is 24.3 Å². The van der Waals surface area contributed by atoms with Crippen LogP contribution < -0.4 is 5.32 Å². The van der Waals surface area contributed by atoms with Gasteiger partial charge in [0.25, 0.3) is 0 Å². The van der Waals surface area contributed by atoms with Gasteiger partial charge in [-0.3, -0.25) is 14.5 Å². The molecule has 20 heavy (non-hydrogen) atoms. The Balaban J connectivity index is 1.91. The molecule has 1 aliphatic rings. The van der Waals surface area contributed by atoms with Crippen LogP contribution in [0, 0.1) is 0 Å². The van der Waals surface area contributed by atoms with Crippen LogP contribution in [0.25, 0.3) is 0 Å². The molecular weight excluding hydrogens is 256 g/mol. The molecule has 1 aromatic carbocycles. The summed E-state index contributed by atoms with van der Waals surface area (Å²) in [6.07, 6.45) is 0.164. The normalized spacial score (nSPS) is 19.6. The molecule has 5 nitrogen and oxygen atoms in total. The van der Waals surface area contributed by atoms with Gasteiger partial charge >= 0.3 is 0 Å². The van der Waals surface area contributed by atoms with Crippen molar-refractivity contribution in [1.82, 2.24) is 4.90 Å². The first kappa shape index (κ1) is 14.7. The molecule has 1 aliphatic heterocycles. The average molecular weight is 276 g/mol. The topological polar surface area (TPSA) is 58.6 Å². The maximum atomic E-state index is 12.0. The number of ketones is 1. The second-order valence-corrected chi connectivity index (χ2v) is 5.10. The van der Waals surface area contributed by atoms with Crippen LogP contribution in [0.1, 0.15) is 24.2 Å². The summed E-state index contributed by atoms with van der Waals surface area (Å²) in [5.74, 6) is -0.0806. The van der Waals surface area contributed by atoms with Crippen molar-refractivity contribution < 1.29 is 14.3 Å². The van der Waals surface area contributed by atoms with Gasteiger partial charge in [-0.1, -0.05) is 12.1 Å². The molecule has 2 rings (SSSR count). The molecule has 1 saturated heterocycles. The first-order valence-electron chi connectivity index (χ1n) is 6.79. The van der Waals surface area contributed by atoms with Gasteiger partial charge < -0.3 is 10.1 Å². The molecule has 108 valence electrons. The van der Waals surface area contributed by atoms with Crippen LogP contribution in [-0.2, 0) is 9.53 Å². The second-order valence-electron chi connectivity index (χ2n) is 5.10. The number of morpholine rings is 1. The Bertz CT molecular complexity index is 502. The highest BCUT2D eigenvalue weighted by Gasteiger charge is 2.18. The van der Waals surface area contributed by atoms with E-state index < -0.39 is 0 Å². The van der Waals surface area contributed by atoms with Crippen molar-refractivity contribution in [3.05, 3.63) is 29.8 Å². The summed E-state index contributed by atoms with van der Waals surface area (Å²) in [7, 11) is 0. The molecule has 0 radical (unpaired) electrons. The lowest BCUT2D eigenvalue weighted by atomic mass is 10.1.